The third-order valence-corrected chi connectivity index (χ3v) is 15.9. The summed E-state index contributed by atoms with van der Waals surface area (Å²) in [6, 6.07) is 10.5. The monoisotopic (exact) mass is 684 g/mol. The molecule has 1 saturated heterocycles. The minimum Gasteiger partial charge on any atom is -0.436 e. The van der Waals surface area contributed by atoms with Crippen LogP contribution < -0.4 is 10.1 Å². The highest BCUT2D eigenvalue weighted by molar-refractivity contribution is 6.91. The number of hydrogen-bond acceptors (Lipinski definition) is 4. The van der Waals surface area contributed by atoms with E-state index >= 15 is 0 Å². The van der Waals surface area contributed by atoms with Crippen LogP contribution in [0.25, 0.3) is 0 Å². The molecule has 0 aliphatic carbocycles. The molecule has 0 aromatic heterocycles. The predicted molar refractivity (Wildman–Crippen MR) is 144 cm³/mol. The number of alkyl halides is 8. The maximum Gasteiger partial charge on any atom is 0.416 e. The second-order valence-corrected chi connectivity index (χ2v) is 20.5. The molecule has 1 aromatic rings. The third kappa shape index (κ3) is 19.6. The normalized spacial score (nSPS) is 18.1. The zero-order chi connectivity index (χ0) is 33.2. The summed E-state index contributed by atoms with van der Waals surface area (Å²) in [6.07, 6.45) is -8.32. The molecule has 1 aromatic carbocycles. The Labute approximate surface area is 242 Å². The van der Waals surface area contributed by atoms with E-state index in [0.29, 0.717) is 5.69 Å². The van der Waals surface area contributed by atoms with Crippen molar-refractivity contribution in [3.05, 3.63) is 24.3 Å². The summed E-state index contributed by atoms with van der Waals surface area (Å²) in [5.74, 6) is -0.951. The van der Waals surface area contributed by atoms with Crippen LogP contribution in [0, 0.1) is 0 Å². The maximum absolute atomic E-state index is 12.6. The van der Waals surface area contributed by atoms with Crippen molar-refractivity contribution < 1.29 is 67.1 Å². The Morgan fingerprint density at radius 3 is 2.12 bits per heavy atom. The molecule has 1 unspecified atom stereocenters. The number of anilines is 1. The third-order valence-electron chi connectivity index (χ3n) is 5.86. The first kappa shape index (κ1) is 42.6. The molecule has 1 heterocycles. The fourth-order valence-corrected chi connectivity index (χ4v) is 14.8. The number of hydrogen-bond donors (Lipinski definition) is 0. The number of carbonyl (C=O) groups is 1. The number of nitrogens with zero attached hydrogens (tertiary/aromatic N) is 1. The topological polar surface area (TPSA) is 48.0 Å². The van der Waals surface area contributed by atoms with Gasteiger partial charge < -0.3 is 13.4 Å². The van der Waals surface area contributed by atoms with Gasteiger partial charge in [-0.25, -0.2) is 8.78 Å². The molecule has 2 rings (SSSR count). The molecular formula is C23H37F11NO4Si3. The van der Waals surface area contributed by atoms with Gasteiger partial charge in [-0.2, -0.15) is 31.3 Å². The first-order chi connectivity index (χ1) is 19.3. The average Bonchev–Trinajstić information content (AvgIpc) is 2.91. The summed E-state index contributed by atoms with van der Waals surface area (Å²) in [5, 5.41) is 1.12. The Bertz CT molecular complexity index is 881. The smallest absolute Gasteiger partial charge is 0.416 e. The molecule has 1 radical (unpaired) electrons. The molecule has 0 saturated carbocycles. The van der Waals surface area contributed by atoms with Crippen LogP contribution in [-0.4, -0.2) is 71.1 Å². The summed E-state index contributed by atoms with van der Waals surface area (Å²) in [4.78, 5) is 15.5. The highest BCUT2D eigenvalue weighted by Gasteiger charge is 2.38. The fourth-order valence-electron chi connectivity index (χ4n) is 3.59. The summed E-state index contributed by atoms with van der Waals surface area (Å²) in [7, 11) is -3.52. The highest BCUT2D eigenvalue weighted by atomic mass is 28.4. The van der Waals surface area contributed by atoms with Crippen molar-refractivity contribution >= 4 is 42.5 Å². The molecule has 1 aliphatic heterocycles. The molecular weight excluding hydrogens is 647 g/mol. The highest BCUT2D eigenvalue weighted by Crippen LogP contribution is 2.27. The van der Waals surface area contributed by atoms with Crippen molar-refractivity contribution in [3.8, 4) is 0 Å². The van der Waals surface area contributed by atoms with Crippen LogP contribution in [0.15, 0.2) is 24.3 Å². The first-order valence-corrected chi connectivity index (χ1v) is 20.3. The zero-order valence-corrected chi connectivity index (χ0v) is 26.9. The van der Waals surface area contributed by atoms with E-state index in [1.807, 2.05) is 18.2 Å². The van der Waals surface area contributed by atoms with Gasteiger partial charge in [0.15, 0.2) is 15.7 Å². The van der Waals surface area contributed by atoms with Gasteiger partial charge in [-0.1, -0.05) is 42.9 Å². The SMILES string of the molecule is CN(C(=O)CC(F)(F)F)c1cccc([Si](C)(C)CC[Si]2(C)OCCCC[Si](C)O2)c1.FCC(F)(F)F.FCOF.FF. The van der Waals surface area contributed by atoms with E-state index in [0.717, 1.165) is 41.2 Å². The first-order valence-electron chi connectivity index (χ1n) is 12.4. The second-order valence-electron chi connectivity index (χ2n) is 9.89. The lowest BCUT2D eigenvalue weighted by Gasteiger charge is -2.34. The number of halogens is 11. The van der Waals surface area contributed by atoms with Gasteiger partial charge in [0, 0.05) is 28.5 Å². The molecule has 42 heavy (non-hydrogen) atoms. The lowest BCUT2D eigenvalue weighted by Crippen LogP contribution is -2.48. The van der Waals surface area contributed by atoms with Gasteiger partial charge in [0.1, 0.15) is 6.42 Å². The summed E-state index contributed by atoms with van der Waals surface area (Å²) in [6.45, 7) is 6.07. The molecule has 0 spiro atoms. The molecule has 0 N–H and O–H groups in total. The standard InChI is InChI=1S/C20H33F3NO3Si3.C2H2F4.CH2F2O.F2/c1-24(19(25)16-20(21,22)23)17-9-8-10-18(15-17)29(3,4)13-14-30(5)26-11-6-7-12-28(2)27-30;3-1-2(4,5)6;2-1-4-3;1-2/h8-10,15H,6-7,11-14,16H2,1-5H3;1H2;1H2;. The van der Waals surface area contributed by atoms with Crippen LogP contribution in [0.1, 0.15) is 19.3 Å². The van der Waals surface area contributed by atoms with Gasteiger partial charge in [0.05, 0.1) is 8.07 Å². The van der Waals surface area contributed by atoms with E-state index in [2.05, 4.69) is 31.1 Å². The van der Waals surface area contributed by atoms with Crippen molar-refractivity contribution in [1.29, 1.82) is 0 Å². The minimum atomic E-state index is -4.62. The Kier molecular flexibility index (Phi) is 20.7. The van der Waals surface area contributed by atoms with Crippen LogP contribution in [0.2, 0.25) is 44.3 Å². The van der Waals surface area contributed by atoms with Crippen molar-refractivity contribution in [2.45, 2.75) is 75.9 Å². The summed E-state index contributed by atoms with van der Waals surface area (Å²) in [5.41, 5.74) is 0.503. The molecule has 1 atom stereocenters. The van der Waals surface area contributed by atoms with E-state index in [1.165, 1.54) is 13.5 Å². The van der Waals surface area contributed by atoms with Crippen LogP contribution in [-0.2, 0) is 18.3 Å². The van der Waals surface area contributed by atoms with Crippen molar-refractivity contribution in [2.75, 3.05) is 32.1 Å². The average molecular weight is 685 g/mol. The molecule has 1 amide bonds. The second kappa shape index (κ2) is 20.4. The number of benzene rings is 1. The Balaban J connectivity index is 0. The van der Waals surface area contributed by atoms with E-state index in [9.17, 15) is 44.4 Å². The van der Waals surface area contributed by atoms with Crippen LogP contribution in [0.5, 0.6) is 0 Å². The molecule has 1 fully saturated rings. The molecule has 0 bridgehead atoms. The van der Waals surface area contributed by atoms with Gasteiger partial charge in [-0.15, -0.1) is 0 Å². The molecule has 247 valence electrons. The van der Waals surface area contributed by atoms with E-state index < -0.39 is 63.9 Å². The quantitative estimate of drug-likeness (QED) is 0.215. The van der Waals surface area contributed by atoms with E-state index in [1.54, 1.807) is 6.07 Å². The van der Waals surface area contributed by atoms with E-state index in [4.69, 9.17) is 17.7 Å². The van der Waals surface area contributed by atoms with E-state index in [-0.39, 0.29) is 0 Å². The predicted octanol–water partition coefficient (Wildman–Crippen LogP) is 8.21. The lowest BCUT2D eigenvalue weighted by atomic mass is 10.2. The number of amides is 1. The van der Waals surface area contributed by atoms with Crippen LogP contribution in [0.3, 0.4) is 0 Å². The summed E-state index contributed by atoms with van der Waals surface area (Å²) >= 11 is 0. The van der Waals surface area contributed by atoms with Gasteiger partial charge >= 0.3 is 20.9 Å². The Hall–Kier alpha value is -1.55. The number of rotatable bonds is 7. The maximum atomic E-state index is 12.6. The van der Waals surface area contributed by atoms with Gasteiger partial charge in [0.25, 0.3) is 0 Å². The zero-order valence-electron chi connectivity index (χ0n) is 23.9. The Morgan fingerprint density at radius 2 is 1.64 bits per heavy atom. The lowest BCUT2D eigenvalue weighted by molar-refractivity contribution is -0.167. The molecule has 5 nitrogen and oxygen atoms in total. The van der Waals surface area contributed by atoms with Gasteiger partial charge in [-0.05, 0) is 48.3 Å². The van der Waals surface area contributed by atoms with Crippen molar-refractivity contribution in [2.24, 2.45) is 0 Å². The summed E-state index contributed by atoms with van der Waals surface area (Å²) < 4.78 is 128. The number of carbonyl (C=O) groups excluding carboxylic acids is 1. The fraction of sp³-hybridized carbons (Fsp3) is 0.696. The molecule has 19 heteroatoms. The minimum absolute atomic E-state index is 0.503. The van der Waals surface area contributed by atoms with Crippen LogP contribution in [0.4, 0.5) is 54.5 Å². The van der Waals surface area contributed by atoms with Gasteiger partial charge in [0.2, 0.25) is 12.8 Å². The van der Waals surface area contributed by atoms with Gasteiger partial charge in [-0.3, -0.25) is 4.79 Å². The van der Waals surface area contributed by atoms with Crippen LogP contribution >= 0.6 is 0 Å². The largest absolute Gasteiger partial charge is 0.436 e. The molecule has 1 aliphatic rings. The van der Waals surface area contributed by atoms with Crippen molar-refractivity contribution in [1.82, 2.24) is 0 Å². The Morgan fingerprint density at radius 1 is 1.10 bits per heavy atom. The van der Waals surface area contributed by atoms with Crippen molar-refractivity contribution in [3.63, 3.8) is 0 Å².